The number of nitrogens with one attached hydrogen (secondary N) is 1. The van der Waals surface area contributed by atoms with Gasteiger partial charge in [0.25, 0.3) is 0 Å². The van der Waals surface area contributed by atoms with E-state index in [0.717, 1.165) is 10.3 Å². The Kier molecular flexibility index (Phi) is 4.62. The Morgan fingerprint density at radius 3 is 2.71 bits per heavy atom. The number of rotatable bonds is 6. The fraction of sp³-hybridized carbons (Fsp3) is 0.500. The van der Waals surface area contributed by atoms with Gasteiger partial charge in [-0.1, -0.05) is 0 Å². The molecule has 0 aliphatic rings. The predicted octanol–water partition coefficient (Wildman–Crippen LogP) is 3.46. The molecule has 0 amide bonds. The first kappa shape index (κ1) is 15.9. The number of nitrogens with zero attached hydrogens (tertiary/aromatic N) is 2. The summed E-state index contributed by atoms with van der Waals surface area (Å²) in [5.74, 6) is -3.46. The first-order valence-electron chi connectivity index (χ1n) is 6.02. The molecule has 0 bridgehead atoms. The molecule has 0 aliphatic carbocycles. The highest BCUT2D eigenvalue weighted by molar-refractivity contribution is 7.18. The molecule has 2 aromatic heterocycles. The van der Waals surface area contributed by atoms with Crippen molar-refractivity contribution in [3.63, 3.8) is 0 Å². The Bertz CT molecular complexity index is 632. The quantitative estimate of drug-likeness (QED) is 0.827. The van der Waals surface area contributed by atoms with Crippen molar-refractivity contribution in [3.8, 4) is 0 Å². The molecule has 2 rings (SSSR count). The molecule has 0 saturated carbocycles. The van der Waals surface area contributed by atoms with Crippen LogP contribution in [0.5, 0.6) is 0 Å². The van der Waals surface area contributed by atoms with Crippen LogP contribution in [0.2, 0.25) is 0 Å². The van der Waals surface area contributed by atoms with Crippen molar-refractivity contribution in [1.82, 2.24) is 9.97 Å². The minimum atomic E-state index is -4.17. The van der Waals surface area contributed by atoms with Crippen LogP contribution >= 0.6 is 11.3 Å². The van der Waals surface area contributed by atoms with Crippen LogP contribution in [0.15, 0.2) is 6.07 Å². The maximum Gasteiger partial charge on any atom is 0.330 e. The van der Waals surface area contributed by atoms with E-state index in [1.807, 2.05) is 13.0 Å². The standard InChI is InChI=1S/C12H13F4N3OS/c1-6-3-7-9(17-2)18-8(19-10(7)21-6)4-20-5-12(15,16)11(13)14/h3,11H,4-5H2,1-2H3,(H,17,18,19). The minimum absolute atomic E-state index is 0.166. The second-order valence-corrected chi connectivity index (χ2v) is 5.60. The van der Waals surface area contributed by atoms with Crippen LogP contribution in [0.3, 0.4) is 0 Å². The average molecular weight is 323 g/mol. The summed E-state index contributed by atoms with van der Waals surface area (Å²) in [4.78, 5) is 10.0. The van der Waals surface area contributed by atoms with Crippen LogP contribution in [0.25, 0.3) is 10.2 Å². The fourth-order valence-electron chi connectivity index (χ4n) is 1.68. The lowest BCUT2D eigenvalue weighted by atomic mass is 10.3. The molecule has 21 heavy (non-hydrogen) atoms. The van der Waals surface area contributed by atoms with Gasteiger partial charge in [-0.3, -0.25) is 0 Å². The number of ether oxygens (including phenoxy) is 1. The van der Waals surface area contributed by atoms with Crippen molar-refractivity contribution in [2.24, 2.45) is 0 Å². The molecule has 0 aliphatic heterocycles. The van der Waals surface area contributed by atoms with Crippen LogP contribution < -0.4 is 5.32 Å². The van der Waals surface area contributed by atoms with E-state index in [2.05, 4.69) is 20.0 Å². The van der Waals surface area contributed by atoms with E-state index >= 15 is 0 Å². The number of hydrogen-bond acceptors (Lipinski definition) is 5. The number of alkyl halides is 4. The minimum Gasteiger partial charge on any atom is -0.372 e. The molecule has 1 N–H and O–H groups in total. The molecule has 0 atom stereocenters. The molecule has 4 nitrogen and oxygen atoms in total. The fourth-order valence-corrected chi connectivity index (χ4v) is 2.58. The molecule has 0 fully saturated rings. The zero-order chi connectivity index (χ0) is 15.6. The number of hydrogen-bond donors (Lipinski definition) is 1. The summed E-state index contributed by atoms with van der Waals surface area (Å²) in [5, 5.41) is 3.70. The van der Waals surface area contributed by atoms with E-state index in [1.54, 1.807) is 7.05 Å². The third-order valence-corrected chi connectivity index (χ3v) is 3.59. The zero-order valence-corrected chi connectivity index (χ0v) is 12.1. The second-order valence-electron chi connectivity index (χ2n) is 4.37. The first-order valence-corrected chi connectivity index (χ1v) is 6.83. The van der Waals surface area contributed by atoms with Gasteiger partial charge in [0.1, 0.15) is 23.9 Å². The highest BCUT2D eigenvalue weighted by atomic mass is 32.1. The highest BCUT2D eigenvalue weighted by Crippen LogP contribution is 2.28. The lowest BCUT2D eigenvalue weighted by Gasteiger charge is -2.14. The Hall–Kier alpha value is -1.48. The van der Waals surface area contributed by atoms with Crippen molar-refractivity contribution in [2.75, 3.05) is 19.0 Å². The van der Waals surface area contributed by atoms with Crippen molar-refractivity contribution in [1.29, 1.82) is 0 Å². The highest BCUT2D eigenvalue weighted by Gasteiger charge is 2.41. The SMILES string of the molecule is CNc1nc(COCC(F)(F)C(F)F)nc2sc(C)cc12. The Morgan fingerprint density at radius 2 is 2.10 bits per heavy atom. The molecule has 116 valence electrons. The van der Waals surface area contributed by atoms with Gasteiger partial charge >= 0.3 is 12.3 Å². The Balaban J connectivity index is 2.12. The van der Waals surface area contributed by atoms with E-state index in [4.69, 9.17) is 0 Å². The van der Waals surface area contributed by atoms with Crippen LogP contribution in [0.4, 0.5) is 23.4 Å². The number of anilines is 1. The van der Waals surface area contributed by atoms with E-state index < -0.39 is 19.0 Å². The van der Waals surface area contributed by atoms with E-state index in [1.165, 1.54) is 11.3 Å². The molecular weight excluding hydrogens is 310 g/mol. The van der Waals surface area contributed by atoms with Gasteiger partial charge in [-0.15, -0.1) is 11.3 Å². The van der Waals surface area contributed by atoms with Crippen LogP contribution in [0, 0.1) is 6.92 Å². The predicted molar refractivity (Wildman–Crippen MR) is 72.3 cm³/mol. The van der Waals surface area contributed by atoms with Gasteiger partial charge in [0, 0.05) is 11.9 Å². The van der Waals surface area contributed by atoms with E-state index in [0.29, 0.717) is 10.6 Å². The summed E-state index contributed by atoms with van der Waals surface area (Å²) < 4.78 is 54.1. The molecule has 0 aromatic carbocycles. The van der Waals surface area contributed by atoms with E-state index in [9.17, 15) is 17.6 Å². The molecule has 2 aromatic rings. The largest absolute Gasteiger partial charge is 0.372 e. The second kappa shape index (κ2) is 6.10. The van der Waals surface area contributed by atoms with Gasteiger partial charge in [-0.2, -0.15) is 8.78 Å². The average Bonchev–Trinajstić information content (AvgIpc) is 2.77. The summed E-state index contributed by atoms with van der Waals surface area (Å²) in [6.45, 7) is 0.180. The van der Waals surface area contributed by atoms with Crippen molar-refractivity contribution in [3.05, 3.63) is 16.8 Å². The monoisotopic (exact) mass is 323 g/mol. The molecule has 0 unspecified atom stereocenters. The molecule has 0 radical (unpaired) electrons. The summed E-state index contributed by atoms with van der Waals surface area (Å²) in [6, 6.07) is 1.90. The lowest BCUT2D eigenvalue weighted by molar-refractivity contribution is -0.168. The van der Waals surface area contributed by atoms with Gasteiger partial charge in [0.05, 0.1) is 5.39 Å². The maximum absolute atomic E-state index is 12.7. The summed E-state index contributed by atoms with van der Waals surface area (Å²) >= 11 is 1.42. The number of aromatic nitrogens is 2. The molecule has 0 spiro atoms. The Labute approximate surface area is 122 Å². The normalized spacial score (nSPS) is 12.3. The van der Waals surface area contributed by atoms with E-state index in [-0.39, 0.29) is 12.4 Å². The topological polar surface area (TPSA) is 47.0 Å². The van der Waals surface area contributed by atoms with Crippen LogP contribution in [-0.4, -0.2) is 36.0 Å². The molecule has 2 heterocycles. The Morgan fingerprint density at radius 1 is 1.38 bits per heavy atom. The third-order valence-electron chi connectivity index (χ3n) is 2.64. The maximum atomic E-state index is 12.7. The number of aryl methyl sites for hydroxylation is 1. The number of thiophene rings is 1. The number of halogens is 4. The van der Waals surface area contributed by atoms with Gasteiger partial charge in [0.2, 0.25) is 0 Å². The van der Waals surface area contributed by atoms with Crippen molar-refractivity contribution >= 4 is 27.4 Å². The van der Waals surface area contributed by atoms with Crippen molar-refractivity contribution in [2.45, 2.75) is 25.9 Å². The molecule has 0 saturated heterocycles. The van der Waals surface area contributed by atoms with Crippen LogP contribution in [0.1, 0.15) is 10.7 Å². The summed E-state index contributed by atoms with van der Waals surface area (Å²) in [6.07, 6.45) is -3.76. The lowest BCUT2D eigenvalue weighted by Crippen LogP contribution is -2.32. The summed E-state index contributed by atoms with van der Waals surface area (Å²) in [5.41, 5.74) is 0. The molecule has 9 heteroatoms. The van der Waals surface area contributed by atoms with Gasteiger partial charge in [-0.05, 0) is 13.0 Å². The van der Waals surface area contributed by atoms with Gasteiger partial charge in [0.15, 0.2) is 5.82 Å². The molecular formula is C12H13F4N3OS. The summed E-state index contributed by atoms with van der Waals surface area (Å²) in [7, 11) is 1.67. The van der Waals surface area contributed by atoms with Crippen molar-refractivity contribution < 1.29 is 22.3 Å². The van der Waals surface area contributed by atoms with Crippen LogP contribution in [-0.2, 0) is 11.3 Å². The third kappa shape index (κ3) is 3.59. The number of fused-ring (bicyclic) bond motifs is 1. The van der Waals surface area contributed by atoms with Gasteiger partial charge < -0.3 is 10.1 Å². The first-order chi connectivity index (χ1) is 9.83. The smallest absolute Gasteiger partial charge is 0.330 e. The van der Waals surface area contributed by atoms with Gasteiger partial charge in [-0.25, -0.2) is 18.7 Å². The zero-order valence-electron chi connectivity index (χ0n) is 11.3.